The van der Waals surface area contributed by atoms with Gasteiger partial charge in [0.15, 0.2) is 0 Å². The van der Waals surface area contributed by atoms with Crippen molar-refractivity contribution in [3.8, 4) is 0 Å². The van der Waals surface area contributed by atoms with Crippen LogP contribution in [0.4, 0.5) is 0 Å². The molecule has 86 valence electrons. The maximum absolute atomic E-state index is 4.96. The Kier molecular flexibility index (Phi) is 8.14. The van der Waals surface area contributed by atoms with E-state index in [9.17, 15) is 0 Å². The van der Waals surface area contributed by atoms with Crippen LogP contribution in [0.2, 0.25) is 0 Å². The molecule has 0 fully saturated rings. The van der Waals surface area contributed by atoms with Crippen LogP contribution in [0.25, 0.3) is 0 Å². The zero-order chi connectivity index (χ0) is 10.9. The normalized spacial score (nSPS) is 12.0. The predicted octanol–water partition coefficient (Wildman–Crippen LogP) is 1.39. The van der Waals surface area contributed by atoms with Crippen LogP contribution in [0.15, 0.2) is 0 Å². The second-order valence-electron chi connectivity index (χ2n) is 4.63. The van der Waals surface area contributed by atoms with Gasteiger partial charge in [0.2, 0.25) is 0 Å². The summed E-state index contributed by atoms with van der Waals surface area (Å²) in [6.45, 7) is 10.7. The van der Waals surface area contributed by atoms with Crippen molar-refractivity contribution < 1.29 is 4.74 Å². The smallest absolute Gasteiger partial charge is 0.0474 e. The minimum atomic E-state index is 0.246. The molecule has 0 saturated heterocycles. The molecule has 0 aliphatic rings. The van der Waals surface area contributed by atoms with Gasteiger partial charge < -0.3 is 15.4 Å². The Bertz CT molecular complexity index is 121. The molecule has 0 saturated carbocycles. The van der Waals surface area contributed by atoms with Gasteiger partial charge in [-0.3, -0.25) is 0 Å². The second kappa shape index (κ2) is 8.21. The highest BCUT2D eigenvalue weighted by Crippen LogP contribution is 1.97. The minimum absolute atomic E-state index is 0.246. The first-order valence-electron chi connectivity index (χ1n) is 5.51. The van der Waals surface area contributed by atoms with Crippen LogP contribution >= 0.6 is 0 Å². The van der Waals surface area contributed by atoms with E-state index in [0.29, 0.717) is 0 Å². The van der Waals surface area contributed by atoms with E-state index in [-0.39, 0.29) is 5.54 Å². The van der Waals surface area contributed by atoms with Crippen LogP contribution in [0.3, 0.4) is 0 Å². The lowest BCUT2D eigenvalue weighted by molar-refractivity contribution is 0.194. The van der Waals surface area contributed by atoms with Gasteiger partial charge in [0, 0.05) is 19.3 Å². The molecular formula is C11H26N2O. The molecular weight excluding hydrogens is 176 g/mol. The van der Waals surface area contributed by atoms with Crippen molar-refractivity contribution in [1.29, 1.82) is 0 Å². The van der Waals surface area contributed by atoms with Gasteiger partial charge in [-0.2, -0.15) is 0 Å². The lowest BCUT2D eigenvalue weighted by atomic mass is 10.1. The summed E-state index contributed by atoms with van der Waals surface area (Å²) in [6, 6.07) is 0. The average Bonchev–Trinajstić information content (AvgIpc) is 2.08. The molecule has 14 heavy (non-hydrogen) atoms. The Hall–Kier alpha value is -0.120. The summed E-state index contributed by atoms with van der Waals surface area (Å²) in [6.07, 6.45) is 2.29. The number of methoxy groups -OCH3 is 1. The quantitative estimate of drug-likeness (QED) is 0.584. The molecule has 0 aliphatic carbocycles. The third kappa shape index (κ3) is 11.9. The fourth-order valence-corrected chi connectivity index (χ4v) is 1.14. The Morgan fingerprint density at radius 1 is 1.00 bits per heavy atom. The maximum Gasteiger partial charge on any atom is 0.0474 e. The van der Waals surface area contributed by atoms with E-state index in [1.807, 2.05) is 0 Å². The van der Waals surface area contributed by atoms with E-state index in [1.54, 1.807) is 7.11 Å². The highest BCUT2D eigenvalue weighted by Gasteiger charge is 2.06. The molecule has 0 bridgehead atoms. The molecule has 0 amide bonds. The molecule has 0 spiro atoms. The van der Waals surface area contributed by atoms with Gasteiger partial charge in [0.25, 0.3) is 0 Å². The first kappa shape index (κ1) is 13.9. The van der Waals surface area contributed by atoms with Gasteiger partial charge in [-0.1, -0.05) is 0 Å². The number of nitrogens with one attached hydrogen (secondary N) is 2. The summed E-state index contributed by atoms with van der Waals surface area (Å²) < 4.78 is 4.96. The molecule has 2 N–H and O–H groups in total. The number of hydrogen-bond donors (Lipinski definition) is 2. The van der Waals surface area contributed by atoms with Crippen LogP contribution in [0.5, 0.6) is 0 Å². The number of hydrogen-bond acceptors (Lipinski definition) is 3. The summed E-state index contributed by atoms with van der Waals surface area (Å²) in [5, 5.41) is 6.85. The molecule has 3 heteroatoms. The molecule has 0 heterocycles. The van der Waals surface area contributed by atoms with Gasteiger partial charge in [0.1, 0.15) is 0 Å². The van der Waals surface area contributed by atoms with E-state index in [0.717, 1.165) is 32.7 Å². The van der Waals surface area contributed by atoms with E-state index in [4.69, 9.17) is 4.74 Å². The van der Waals surface area contributed by atoms with Crippen molar-refractivity contribution in [2.75, 3.05) is 33.4 Å². The first-order chi connectivity index (χ1) is 6.56. The lowest BCUT2D eigenvalue weighted by Crippen LogP contribution is -2.37. The summed E-state index contributed by atoms with van der Waals surface area (Å²) in [5.41, 5.74) is 0.246. The maximum atomic E-state index is 4.96. The van der Waals surface area contributed by atoms with Crippen molar-refractivity contribution in [3.63, 3.8) is 0 Å². The Balaban J connectivity index is 2.99. The van der Waals surface area contributed by atoms with Crippen molar-refractivity contribution >= 4 is 0 Å². The van der Waals surface area contributed by atoms with Crippen LogP contribution in [-0.4, -0.2) is 38.9 Å². The van der Waals surface area contributed by atoms with Crippen LogP contribution in [0.1, 0.15) is 33.6 Å². The molecule has 0 atom stereocenters. The molecule has 0 radical (unpaired) electrons. The zero-order valence-corrected chi connectivity index (χ0v) is 10.2. The second-order valence-corrected chi connectivity index (χ2v) is 4.63. The fraction of sp³-hybridized carbons (Fsp3) is 1.00. The van der Waals surface area contributed by atoms with E-state index < -0.39 is 0 Å². The predicted molar refractivity (Wildman–Crippen MR) is 61.7 cm³/mol. The third-order valence-corrected chi connectivity index (χ3v) is 1.89. The van der Waals surface area contributed by atoms with E-state index in [1.165, 1.54) is 6.42 Å². The van der Waals surface area contributed by atoms with Gasteiger partial charge >= 0.3 is 0 Å². The molecule has 3 nitrogen and oxygen atoms in total. The molecule has 0 aromatic heterocycles. The van der Waals surface area contributed by atoms with Gasteiger partial charge in [-0.25, -0.2) is 0 Å². The van der Waals surface area contributed by atoms with E-state index in [2.05, 4.69) is 31.4 Å². The monoisotopic (exact) mass is 202 g/mol. The third-order valence-electron chi connectivity index (χ3n) is 1.89. The minimum Gasteiger partial charge on any atom is -0.385 e. The summed E-state index contributed by atoms with van der Waals surface area (Å²) in [5.74, 6) is 0. The summed E-state index contributed by atoms with van der Waals surface area (Å²) in [4.78, 5) is 0. The lowest BCUT2D eigenvalue weighted by Gasteiger charge is -2.20. The molecule has 0 aliphatic heterocycles. The Morgan fingerprint density at radius 3 is 2.21 bits per heavy atom. The van der Waals surface area contributed by atoms with Crippen molar-refractivity contribution in [3.05, 3.63) is 0 Å². The Morgan fingerprint density at radius 2 is 1.64 bits per heavy atom. The highest BCUT2D eigenvalue weighted by atomic mass is 16.5. The van der Waals surface area contributed by atoms with E-state index >= 15 is 0 Å². The summed E-state index contributed by atoms with van der Waals surface area (Å²) in [7, 11) is 1.74. The first-order valence-corrected chi connectivity index (χ1v) is 5.51. The average molecular weight is 202 g/mol. The van der Waals surface area contributed by atoms with Gasteiger partial charge in [0.05, 0.1) is 0 Å². The van der Waals surface area contributed by atoms with Crippen molar-refractivity contribution in [1.82, 2.24) is 10.6 Å². The SMILES string of the molecule is COCCCNCCCNC(C)(C)C. The molecule has 0 aromatic rings. The van der Waals surface area contributed by atoms with Crippen LogP contribution < -0.4 is 10.6 Å². The summed E-state index contributed by atoms with van der Waals surface area (Å²) >= 11 is 0. The van der Waals surface area contributed by atoms with Crippen molar-refractivity contribution in [2.45, 2.75) is 39.2 Å². The fourth-order valence-electron chi connectivity index (χ4n) is 1.14. The molecule has 0 unspecified atom stereocenters. The number of rotatable bonds is 8. The topological polar surface area (TPSA) is 33.3 Å². The van der Waals surface area contributed by atoms with Crippen LogP contribution in [-0.2, 0) is 4.74 Å². The largest absolute Gasteiger partial charge is 0.385 e. The highest BCUT2D eigenvalue weighted by molar-refractivity contribution is 4.69. The number of ether oxygens (including phenoxy) is 1. The van der Waals surface area contributed by atoms with Crippen LogP contribution in [0, 0.1) is 0 Å². The molecule has 0 aromatic carbocycles. The van der Waals surface area contributed by atoms with Crippen molar-refractivity contribution in [2.24, 2.45) is 0 Å². The van der Waals surface area contributed by atoms with Gasteiger partial charge in [-0.15, -0.1) is 0 Å². The standard InChI is InChI=1S/C11H26N2O/c1-11(2,3)13-9-5-7-12-8-6-10-14-4/h12-13H,5-10H2,1-4H3. The van der Waals surface area contributed by atoms with Gasteiger partial charge in [-0.05, 0) is 53.2 Å². The Labute approximate surface area is 88.6 Å². The molecule has 0 rings (SSSR count). The zero-order valence-electron chi connectivity index (χ0n) is 10.2.